The number of alkyl carbamates (subject to hydrolysis) is 1. The summed E-state index contributed by atoms with van der Waals surface area (Å²) in [5, 5.41) is 2.64. The number of benzene rings is 1. The SMILES string of the molecule is CC(C)(C)OC(=O)NCCCOC(=O)N1CCCc2ccccc21. The first kappa shape index (κ1) is 18.1. The molecule has 0 fully saturated rings. The Morgan fingerprint density at radius 3 is 2.75 bits per heavy atom. The van der Waals surface area contributed by atoms with E-state index >= 15 is 0 Å². The van der Waals surface area contributed by atoms with Crippen LogP contribution in [0.1, 0.15) is 39.2 Å². The number of para-hydroxylation sites is 1. The zero-order chi connectivity index (χ0) is 17.6. The standard InChI is InChI=1S/C18H26N2O4/c1-18(2,3)24-16(21)19-11-7-13-23-17(22)20-12-6-9-14-8-4-5-10-15(14)20/h4-5,8,10H,6-7,9,11-13H2,1-3H3,(H,19,21). The van der Waals surface area contributed by atoms with Gasteiger partial charge in [-0.05, 0) is 51.7 Å². The summed E-state index contributed by atoms with van der Waals surface area (Å²) in [5.41, 5.74) is 1.59. The van der Waals surface area contributed by atoms with Crippen molar-refractivity contribution in [2.75, 3.05) is 24.6 Å². The monoisotopic (exact) mass is 334 g/mol. The van der Waals surface area contributed by atoms with Gasteiger partial charge in [0.15, 0.2) is 0 Å². The molecule has 132 valence electrons. The van der Waals surface area contributed by atoms with Crippen LogP contribution in [0, 0.1) is 0 Å². The highest BCUT2D eigenvalue weighted by atomic mass is 16.6. The second-order valence-electron chi connectivity index (χ2n) is 6.78. The average Bonchev–Trinajstić information content (AvgIpc) is 2.52. The van der Waals surface area contributed by atoms with Crippen molar-refractivity contribution in [3.63, 3.8) is 0 Å². The Morgan fingerprint density at radius 1 is 1.25 bits per heavy atom. The fourth-order valence-corrected chi connectivity index (χ4v) is 2.54. The molecule has 1 aromatic rings. The minimum absolute atomic E-state index is 0.257. The summed E-state index contributed by atoms with van der Waals surface area (Å²) >= 11 is 0. The van der Waals surface area contributed by atoms with Gasteiger partial charge in [-0.2, -0.15) is 0 Å². The molecule has 0 radical (unpaired) electrons. The van der Waals surface area contributed by atoms with Crippen LogP contribution >= 0.6 is 0 Å². The Balaban J connectivity index is 1.70. The van der Waals surface area contributed by atoms with Crippen molar-refractivity contribution in [2.45, 2.75) is 45.6 Å². The number of fused-ring (bicyclic) bond motifs is 1. The smallest absolute Gasteiger partial charge is 0.414 e. The van der Waals surface area contributed by atoms with Gasteiger partial charge in [0.2, 0.25) is 0 Å². The quantitative estimate of drug-likeness (QED) is 0.856. The second kappa shape index (κ2) is 8.04. The molecule has 24 heavy (non-hydrogen) atoms. The van der Waals surface area contributed by atoms with Gasteiger partial charge in [0, 0.05) is 13.1 Å². The van der Waals surface area contributed by atoms with E-state index in [4.69, 9.17) is 9.47 Å². The maximum atomic E-state index is 12.2. The molecule has 2 amide bonds. The first-order valence-electron chi connectivity index (χ1n) is 8.36. The van der Waals surface area contributed by atoms with E-state index in [0.717, 1.165) is 18.5 Å². The molecule has 0 unspecified atom stereocenters. The number of carbonyl (C=O) groups is 2. The van der Waals surface area contributed by atoms with Crippen molar-refractivity contribution in [3.05, 3.63) is 29.8 Å². The highest BCUT2D eigenvalue weighted by Crippen LogP contribution is 2.27. The third-order valence-electron chi connectivity index (χ3n) is 3.55. The molecule has 0 saturated heterocycles. The molecule has 6 heteroatoms. The number of ether oxygens (including phenoxy) is 2. The number of carbonyl (C=O) groups excluding carboxylic acids is 2. The van der Waals surface area contributed by atoms with Gasteiger partial charge >= 0.3 is 12.2 Å². The van der Waals surface area contributed by atoms with Gasteiger partial charge in [-0.1, -0.05) is 18.2 Å². The summed E-state index contributed by atoms with van der Waals surface area (Å²) in [5.74, 6) is 0. The third kappa shape index (κ3) is 5.44. The van der Waals surface area contributed by atoms with E-state index < -0.39 is 11.7 Å². The lowest BCUT2D eigenvalue weighted by Gasteiger charge is -2.28. The molecular formula is C18H26N2O4. The predicted octanol–water partition coefficient (Wildman–Crippen LogP) is 3.49. The van der Waals surface area contributed by atoms with Gasteiger partial charge in [0.25, 0.3) is 0 Å². The van der Waals surface area contributed by atoms with E-state index in [-0.39, 0.29) is 12.7 Å². The van der Waals surface area contributed by atoms with Crippen LogP contribution in [0.4, 0.5) is 15.3 Å². The largest absolute Gasteiger partial charge is 0.449 e. The normalized spacial score (nSPS) is 13.9. The molecule has 0 bridgehead atoms. The number of aryl methyl sites for hydroxylation is 1. The van der Waals surface area contributed by atoms with E-state index in [2.05, 4.69) is 5.32 Å². The lowest BCUT2D eigenvalue weighted by Crippen LogP contribution is -2.36. The molecule has 0 aromatic heterocycles. The Morgan fingerprint density at radius 2 is 2.00 bits per heavy atom. The number of amides is 2. The van der Waals surface area contributed by atoms with Crippen molar-refractivity contribution in [3.8, 4) is 0 Å². The fraction of sp³-hybridized carbons (Fsp3) is 0.556. The Kier molecular flexibility index (Phi) is 6.06. The highest BCUT2D eigenvalue weighted by molar-refractivity contribution is 5.89. The van der Waals surface area contributed by atoms with Gasteiger partial charge in [0.1, 0.15) is 5.60 Å². The van der Waals surface area contributed by atoms with Gasteiger partial charge in [-0.25, -0.2) is 9.59 Å². The first-order valence-corrected chi connectivity index (χ1v) is 8.36. The molecule has 0 spiro atoms. The number of anilines is 1. The summed E-state index contributed by atoms with van der Waals surface area (Å²) < 4.78 is 10.4. The van der Waals surface area contributed by atoms with E-state index in [1.165, 1.54) is 5.56 Å². The van der Waals surface area contributed by atoms with Crippen LogP contribution in [0.2, 0.25) is 0 Å². The van der Waals surface area contributed by atoms with Crippen LogP contribution < -0.4 is 10.2 Å². The van der Waals surface area contributed by atoms with Crippen LogP contribution in [0.15, 0.2) is 24.3 Å². The van der Waals surface area contributed by atoms with Gasteiger partial charge in [-0.15, -0.1) is 0 Å². The molecule has 0 saturated carbocycles. The lowest BCUT2D eigenvalue weighted by atomic mass is 10.0. The second-order valence-corrected chi connectivity index (χ2v) is 6.78. The Hall–Kier alpha value is -2.24. The summed E-state index contributed by atoms with van der Waals surface area (Å²) in [6.07, 6.45) is 1.67. The molecular weight excluding hydrogens is 308 g/mol. The summed E-state index contributed by atoms with van der Waals surface area (Å²) in [4.78, 5) is 25.4. The number of nitrogens with one attached hydrogen (secondary N) is 1. The van der Waals surface area contributed by atoms with E-state index in [9.17, 15) is 9.59 Å². The topological polar surface area (TPSA) is 67.9 Å². The van der Waals surface area contributed by atoms with Gasteiger partial charge < -0.3 is 14.8 Å². The van der Waals surface area contributed by atoms with Crippen LogP contribution in [0.5, 0.6) is 0 Å². The van der Waals surface area contributed by atoms with Crippen LogP contribution in [0.25, 0.3) is 0 Å². The van der Waals surface area contributed by atoms with Crippen molar-refractivity contribution < 1.29 is 19.1 Å². The highest BCUT2D eigenvalue weighted by Gasteiger charge is 2.23. The Bertz CT molecular complexity index is 581. The fourth-order valence-electron chi connectivity index (χ4n) is 2.54. The molecule has 0 aliphatic carbocycles. The zero-order valence-electron chi connectivity index (χ0n) is 14.6. The minimum Gasteiger partial charge on any atom is -0.449 e. The lowest BCUT2D eigenvalue weighted by molar-refractivity contribution is 0.0524. The van der Waals surface area contributed by atoms with Gasteiger partial charge in [-0.3, -0.25) is 4.90 Å². The molecule has 1 aromatic carbocycles. The van der Waals surface area contributed by atoms with Crippen LogP contribution in [0.3, 0.4) is 0 Å². The summed E-state index contributed by atoms with van der Waals surface area (Å²) in [6, 6.07) is 7.89. The third-order valence-corrected chi connectivity index (χ3v) is 3.55. The Labute approximate surface area is 143 Å². The van der Waals surface area contributed by atoms with Crippen molar-refractivity contribution in [1.29, 1.82) is 0 Å². The molecule has 1 N–H and O–H groups in total. The number of hydrogen-bond acceptors (Lipinski definition) is 4. The molecule has 2 rings (SSSR count). The van der Waals surface area contributed by atoms with E-state index in [1.807, 2.05) is 45.0 Å². The van der Waals surface area contributed by atoms with E-state index in [1.54, 1.807) is 4.90 Å². The summed E-state index contributed by atoms with van der Waals surface area (Å²) in [7, 11) is 0. The minimum atomic E-state index is -0.516. The molecule has 1 aliphatic heterocycles. The van der Waals surface area contributed by atoms with Crippen LogP contribution in [-0.2, 0) is 15.9 Å². The van der Waals surface area contributed by atoms with Crippen molar-refractivity contribution >= 4 is 17.9 Å². The predicted molar refractivity (Wildman–Crippen MR) is 92.3 cm³/mol. The average molecular weight is 334 g/mol. The zero-order valence-corrected chi connectivity index (χ0v) is 14.6. The molecule has 6 nitrogen and oxygen atoms in total. The first-order chi connectivity index (χ1) is 11.4. The molecule has 0 atom stereocenters. The molecule has 1 heterocycles. The number of nitrogens with zero attached hydrogens (tertiary/aromatic N) is 1. The summed E-state index contributed by atoms with van der Waals surface area (Å²) in [6.45, 7) is 6.76. The van der Waals surface area contributed by atoms with Crippen LogP contribution in [-0.4, -0.2) is 37.5 Å². The van der Waals surface area contributed by atoms with Gasteiger partial charge in [0.05, 0.1) is 12.3 Å². The van der Waals surface area contributed by atoms with E-state index in [0.29, 0.717) is 19.5 Å². The maximum absolute atomic E-state index is 12.2. The van der Waals surface area contributed by atoms with Crippen molar-refractivity contribution in [1.82, 2.24) is 5.32 Å². The molecule has 1 aliphatic rings. The number of hydrogen-bond donors (Lipinski definition) is 1. The number of rotatable bonds is 4. The maximum Gasteiger partial charge on any atom is 0.414 e. The van der Waals surface area contributed by atoms with Crippen molar-refractivity contribution in [2.24, 2.45) is 0 Å².